The Morgan fingerprint density at radius 3 is 2.36 bits per heavy atom. The maximum atomic E-state index is 12.8. The number of aromatic nitrogens is 4. The first-order chi connectivity index (χ1) is 18.9. The van der Waals surface area contributed by atoms with Crippen LogP contribution in [0.25, 0.3) is 0 Å². The molecule has 0 bridgehead atoms. The first kappa shape index (κ1) is 27.5. The summed E-state index contributed by atoms with van der Waals surface area (Å²) in [5.41, 5.74) is 1.17. The monoisotopic (exact) mass is 549 g/mol. The van der Waals surface area contributed by atoms with Crippen LogP contribution < -0.4 is 21.3 Å². The average molecular weight is 550 g/mol. The molecule has 2 saturated carbocycles. The van der Waals surface area contributed by atoms with E-state index in [1.54, 1.807) is 6.20 Å². The normalized spacial score (nSPS) is 23.5. The Balaban J connectivity index is 1.11. The van der Waals surface area contributed by atoms with Gasteiger partial charge in [-0.1, -0.05) is 12.8 Å². The van der Waals surface area contributed by atoms with Crippen molar-refractivity contribution in [3.05, 3.63) is 24.0 Å². The molecule has 0 radical (unpaired) electrons. The summed E-state index contributed by atoms with van der Waals surface area (Å²) in [5, 5.41) is 20.6. The molecule has 10 nitrogen and oxygen atoms in total. The number of H-pyrrole nitrogens is 1. The zero-order valence-electron chi connectivity index (χ0n) is 22.1. The summed E-state index contributed by atoms with van der Waals surface area (Å²) in [7, 11) is 0. The van der Waals surface area contributed by atoms with Gasteiger partial charge < -0.3 is 26.0 Å². The number of hydrogen-bond donors (Lipinski definition) is 5. The number of aliphatic imine (C=N–C) groups is 1. The van der Waals surface area contributed by atoms with Crippen LogP contribution in [0.2, 0.25) is 0 Å². The average Bonchev–Trinajstić information content (AvgIpc) is 3.61. The van der Waals surface area contributed by atoms with Crippen molar-refractivity contribution in [3.8, 4) is 0 Å². The molecule has 3 heterocycles. The molecule has 3 aliphatic rings. The Morgan fingerprint density at radius 1 is 0.949 bits per heavy atom. The fourth-order valence-electron chi connectivity index (χ4n) is 5.57. The fraction of sp³-hybridized carbons (Fsp3) is 0.692. The van der Waals surface area contributed by atoms with Gasteiger partial charge in [0, 0.05) is 55.2 Å². The third kappa shape index (κ3) is 8.45. The third-order valence-electron chi connectivity index (χ3n) is 7.68. The van der Waals surface area contributed by atoms with Crippen molar-refractivity contribution >= 4 is 23.5 Å². The van der Waals surface area contributed by atoms with Gasteiger partial charge in [0.2, 0.25) is 5.95 Å². The van der Waals surface area contributed by atoms with Gasteiger partial charge in [0.15, 0.2) is 11.8 Å². The molecule has 214 valence electrons. The van der Waals surface area contributed by atoms with E-state index in [1.165, 1.54) is 31.4 Å². The van der Waals surface area contributed by atoms with Crippen LogP contribution in [0.15, 0.2) is 23.3 Å². The molecule has 2 aromatic rings. The second-order valence-corrected chi connectivity index (χ2v) is 10.7. The van der Waals surface area contributed by atoms with E-state index in [0.717, 1.165) is 44.3 Å². The number of rotatable bonds is 8. The molecular formula is C26H38F3N9O. The lowest BCUT2D eigenvalue weighted by Gasteiger charge is -2.32. The number of nitrogens with one attached hydrogen (secondary N) is 5. The Bertz CT molecular complexity index is 1070. The number of nitrogens with zero attached hydrogens (tertiary/aromatic N) is 4. The highest BCUT2D eigenvalue weighted by Gasteiger charge is 2.28. The number of aromatic amines is 1. The summed E-state index contributed by atoms with van der Waals surface area (Å²) in [4.78, 5) is 12.8. The SMILES string of the molecule is FC(F)(F)CN=C(NC1CCOCC1)NC1CCC(Nc2nccc(Nc3cc(C4CCCC4)[nH]n3)n2)CC1. The Kier molecular flexibility index (Phi) is 9.05. The highest BCUT2D eigenvalue weighted by Crippen LogP contribution is 2.34. The number of anilines is 3. The molecule has 0 amide bonds. The minimum atomic E-state index is -4.34. The van der Waals surface area contributed by atoms with E-state index >= 15 is 0 Å². The van der Waals surface area contributed by atoms with Crippen LogP contribution in [-0.4, -0.2) is 70.2 Å². The Labute approximate surface area is 226 Å². The summed E-state index contributed by atoms with van der Waals surface area (Å²) in [6, 6.07) is 4.15. The smallest absolute Gasteiger partial charge is 0.381 e. The van der Waals surface area contributed by atoms with E-state index in [1.807, 2.05) is 6.07 Å². The lowest BCUT2D eigenvalue weighted by atomic mass is 9.91. The molecule has 1 aliphatic heterocycles. The van der Waals surface area contributed by atoms with Crippen LogP contribution in [0.1, 0.15) is 75.8 Å². The van der Waals surface area contributed by atoms with E-state index in [2.05, 4.69) is 52.5 Å². The van der Waals surface area contributed by atoms with Gasteiger partial charge >= 0.3 is 6.18 Å². The fourth-order valence-corrected chi connectivity index (χ4v) is 5.57. The van der Waals surface area contributed by atoms with E-state index in [0.29, 0.717) is 30.9 Å². The van der Waals surface area contributed by atoms with Crippen molar-refractivity contribution in [2.45, 2.75) is 94.4 Å². The molecule has 0 atom stereocenters. The zero-order chi connectivity index (χ0) is 27.1. The van der Waals surface area contributed by atoms with Crippen LogP contribution in [0, 0.1) is 0 Å². The molecule has 0 unspecified atom stereocenters. The minimum absolute atomic E-state index is 0.0463. The zero-order valence-corrected chi connectivity index (χ0v) is 22.1. The molecule has 2 aliphatic carbocycles. The lowest BCUT2D eigenvalue weighted by Crippen LogP contribution is -2.50. The summed E-state index contributed by atoms with van der Waals surface area (Å²) in [6.07, 6.45) is 7.09. The number of hydrogen-bond acceptors (Lipinski definition) is 7. The molecule has 0 aromatic carbocycles. The van der Waals surface area contributed by atoms with Gasteiger partial charge in [0.1, 0.15) is 12.4 Å². The second-order valence-electron chi connectivity index (χ2n) is 10.7. The topological polar surface area (TPSA) is 124 Å². The largest absolute Gasteiger partial charge is 0.408 e. The van der Waals surface area contributed by atoms with Crippen molar-refractivity contribution in [2.24, 2.45) is 4.99 Å². The predicted octanol–water partition coefficient (Wildman–Crippen LogP) is 4.60. The molecular weight excluding hydrogens is 511 g/mol. The van der Waals surface area contributed by atoms with Crippen molar-refractivity contribution < 1.29 is 17.9 Å². The standard InChI is InChI=1S/C26H38F3N9O/c27-26(28,29)16-31-25(34-20-10-13-39-14-11-20)33-19-7-5-18(6-8-19)32-24-30-12-9-22(36-24)35-23-15-21(37-38-23)17-3-1-2-4-17/h9,12,15,17-20H,1-8,10-11,13-14,16H2,(H2,31,33,34)(H3,30,32,35,36,37,38). The third-order valence-corrected chi connectivity index (χ3v) is 7.68. The minimum Gasteiger partial charge on any atom is -0.381 e. The number of ether oxygens (including phenoxy) is 1. The van der Waals surface area contributed by atoms with Crippen LogP contribution in [0.5, 0.6) is 0 Å². The van der Waals surface area contributed by atoms with Gasteiger partial charge in [-0.15, -0.1) is 0 Å². The first-order valence-corrected chi connectivity index (χ1v) is 14.0. The molecule has 3 fully saturated rings. The van der Waals surface area contributed by atoms with Crippen LogP contribution in [0.4, 0.5) is 30.8 Å². The summed E-state index contributed by atoms with van der Waals surface area (Å²) in [5.74, 6) is 2.73. The van der Waals surface area contributed by atoms with E-state index < -0.39 is 12.7 Å². The number of alkyl halides is 3. The number of halogens is 3. The van der Waals surface area contributed by atoms with Crippen molar-refractivity contribution in [1.82, 2.24) is 30.8 Å². The summed E-state index contributed by atoms with van der Waals surface area (Å²) < 4.78 is 43.9. The summed E-state index contributed by atoms with van der Waals surface area (Å²) in [6.45, 7) is -0.00365. The molecule has 2 aromatic heterocycles. The predicted molar refractivity (Wildman–Crippen MR) is 143 cm³/mol. The molecule has 5 N–H and O–H groups in total. The van der Waals surface area contributed by atoms with Gasteiger partial charge in [-0.3, -0.25) is 5.10 Å². The molecule has 5 rings (SSSR count). The lowest BCUT2D eigenvalue weighted by molar-refractivity contribution is -0.118. The number of guanidine groups is 1. The molecule has 0 spiro atoms. The highest BCUT2D eigenvalue weighted by molar-refractivity contribution is 5.80. The summed E-state index contributed by atoms with van der Waals surface area (Å²) >= 11 is 0. The van der Waals surface area contributed by atoms with Gasteiger partial charge in [-0.2, -0.15) is 23.3 Å². The first-order valence-electron chi connectivity index (χ1n) is 14.0. The Morgan fingerprint density at radius 2 is 1.64 bits per heavy atom. The Hall–Kier alpha value is -3.09. The van der Waals surface area contributed by atoms with Gasteiger partial charge in [-0.25, -0.2) is 9.98 Å². The van der Waals surface area contributed by atoms with Crippen LogP contribution >= 0.6 is 0 Å². The van der Waals surface area contributed by atoms with Crippen molar-refractivity contribution in [1.29, 1.82) is 0 Å². The van der Waals surface area contributed by atoms with E-state index in [4.69, 9.17) is 4.74 Å². The molecule has 13 heteroatoms. The van der Waals surface area contributed by atoms with Gasteiger partial charge in [-0.05, 0) is 57.4 Å². The second kappa shape index (κ2) is 12.8. The molecule has 1 saturated heterocycles. The molecule has 39 heavy (non-hydrogen) atoms. The van der Waals surface area contributed by atoms with Crippen molar-refractivity contribution in [3.63, 3.8) is 0 Å². The highest BCUT2D eigenvalue weighted by atomic mass is 19.4. The van der Waals surface area contributed by atoms with Gasteiger partial charge in [0.25, 0.3) is 0 Å². The van der Waals surface area contributed by atoms with Crippen LogP contribution in [0.3, 0.4) is 0 Å². The maximum Gasteiger partial charge on any atom is 0.408 e. The van der Waals surface area contributed by atoms with E-state index in [-0.39, 0.29) is 24.1 Å². The van der Waals surface area contributed by atoms with Crippen molar-refractivity contribution in [2.75, 3.05) is 30.4 Å². The quantitative estimate of drug-likeness (QED) is 0.239. The van der Waals surface area contributed by atoms with Crippen LogP contribution in [-0.2, 0) is 4.74 Å². The maximum absolute atomic E-state index is 12.8. The van der Waals surface area contributed by atoms with Gasteiger partial charge in [0.05, 0.1) is 0 Å². The van der Waals surface area contributed by atoms with E-state index in [9.17, 15) is 13.2 Å².